The summed E-state index contributed by atoms with van der Waals surface area (Å²) in [6.45, 7) is 7.11. The Hall–Kier alpha value is -4.41. The van der Waals surface area contributed by atoms with Crippen molar-refractivity contribution in [2.24, 2.45) is 0 Å². The van der Waals surface area contributed by atoms with Gasteiger partial charge < -0.3 is 21.1 Å². The summed E-state index contributed by atoms with van der Waals surface area (Å²) in [6, 6.07) is 13.2. The van der Waals surface area contributed by atoms with Gasteiger partial charge in [-0.25, -0.2) is 9.37 Å². The Morgan fingerprint density at radius 3 is 2.18 bits per heavy atom. The number of hydrogen-bond acceptors (Lipinski definition) is 7. The fraction of sp³-hybridized carbons (Fsp3) is 0.303. The van der Waals surface area contributed by atoms with E-state index in [9.17, 15) is 19.5 Å². The number of amides is 2. The van der Waals surface area contributed by atoms with E-state index < -0.39 is 22.9 Å². The van der Waals surface area contributed by atoms with E-state index in [2.05, 4.69) is 25.9 Å². The molecule has 0 saturated carbocycles. The van der Waals surface area contributed by atoms with Gasteiger partial charge in [-0.3, -0.25) is 19.4 Å². The van der Waals surface area contributed by atoms with E-state index in [1.165, 1.54) is 30.3 Å². The molecule has 2 atom stereocenters. The highest BCUT2D eigenvalue weighted by molar-refractivity contribution is 6.13. The minimum atomic E-state index is -0.894. The van der Waals surface area contributed by atoms with E-state index in [1.54, 1.807) is 36.7 Å². The van der Waals surface area contributed by atoms with E-state index in [0.717, 1.165) is 13.0 Å². The van der Waals surface area contributed by atoms with Crippen LogP contribution in [0.2, 0.25) is 0 Å². The van der Waals surface area contributed by atoms with E-state index in [1.807, 2.05) is 20.8 Å². The highest BCUT2D eigenvalue weighted by atomic mass is 35.5. The lowest BCUT2D eigenvalue weighted by atomic mass is 9.91. The van der Waals surface area contributed by atoms with Crippen molar-refractivity contribution in [3.8, 4) is 5.75 Å². The summed E-state index contributed by atoms with van der Waals surface area (Å²) in [7, 11) is 0. The molecule has 0 aliphatic carbocycles. The average molecular weight is 620 g/mol. The quantitative estimate of drug-likeness (QED) is 0.230. The number of carbonyl (C=O) groups excluding carboxylic acids is 3. The van der Waals surface area contributed by atoms with Crippen LogP contribution in [-0.4, -0.2) is 57.8 Å². The molecule has 11 heteroatoms. The molecule has 5 rings (SSSR count). The Kier molecular flexibility index (Phi) is 9.96. The van der Waals surface area contributed by atoms with Gasteiger partial charge in [-0.05, 0) is 55.8 Å². The molecule has 4 N–H and O–H groups in total. The Labute approximate surface area is 261 Å². The molecule has 1 saturated heterocycles. The molecule has 9 nitrogen and oxygen atoms in total. The third kappa shape index (κ3) is 7.03. The van der Waals surface area contributed by atoms with Crippen molar-refractivity contribution in [3.63, 3.8) is 0 Å². The third-order valence-corrected chi connectivity index (χ3v) is 7.60. The van der Waals surface area contributed by atoms with Gasteiger partial charge in [0, 0.05) is 52.1 Å². The number of halogens is 2. The van der Waals surface area contributed by atoms with Gasteiger partial charge >= 0.3 is 0 Å². The van der Waals surface area contributed by atoms with Gasteiger partial charge in [-0.2, -0.15) is 0 Å². The molecule has 3 heterocycles. The van der Waals surface area contributed by atoms with Gasteiger partial charge in [0.05, 0.1) is 12.1 Å². The van der Waals surface area contributed by atoms with Crippen LogP contribution >= 0.6 is 12.4 Å². The molecule has 2 amide bonds. The monoisotopic (exact) mass is 619 g/mol. The molecule has 2 aromatic heterocycles. The Bertz CT molecular complexity index is 1680. The van der Waals surface area contributed by atoms with Crippen molar-refractivity contribution in [2.75, 3.05) is 13.1 Å². The van der Waals surface area contributed by atoms with Crippen LogP contribution < -0.4 is 16.0 Å². The number of phenolic OH excluding ortho intramolecular Hbond substituents is 1. The summed E-state index contributed by atoms with van der Waals surface area (Å²) < 4.78 is 15.6. The first kappa shape index (κ1) is 32.5. The summed E-state index contributed by atoms with van der Waals surface area (Å²) in [5, 5.41) is 20.3. The van der Waals surface area contributed by atoms with Crippen LogP contribution in [0.5, 0.6) is 5.75 Å². The van der Waals surface area contributed by atoms with E-state index in [4.69, 9.17) is 0 Å². The molecule has 1 aliphatic rings. The number of nitrogens with one attached hydrogen (secondary N) is 3. The zero-order valence-electron chi connectivity index (χ0n) is 24.7. The van der Waals surface area contributed by atoms with Crippen molar-refractivity contribution < 1.29 is 23.9 Å². The molecule has 44 heavy (non-hydrogen) atoms. The summed E-state index contributed by atoms with van der Waals surface area (Å²) >= 11 is 0. The number of aromatic nitrogens is 2. The van der Waals surface area contributed by atoms with E-state index in [-0.39, 0.29) is 52.8 Å². The first-order valence-corrected chi connectivity index (χ1v) is 14.2. The maximum Gasteiger partial charge on any atom is 0.251 e. The second-order valence-corrected chi connectivity index (χ2v) is 11.8. The molecular weight excluding hydrogens is 585 g/mol. The summed E-state index contributed by atoms with van der Waals surface area (Å²) in [4.78, 5) is 47.7. The first-order chi connectivity index (χ1) is 20.5. The number of benzene rings is 2. The van der Waals surface area contributed by atoms with Gasteiger partial charge in [0.2, 0.25) is 0 Å². The number of aromatic hydroxyl groups is 1. The Morgan fingerprint density at radius 2 is 1.52 bits per heavy atom. The number of pyridine rings is 2. The van der Waals surface area contributed by atoms with E-state index in [0.29, 0.717) is 35.2 Å². The summed E-state index contributed by atoms with van der Waals surface area (Å²) in [5.41, 5.74) is 0.740. The molecule has 0 spiro atoms. The first-order valence-electron chi connectivity index (χ1n) is 14.2. The van der Waals surface area contributed by atoms with Gasteiger partial charge in [0.25, 0.3) is 11.8 Å². The van der Waals surface area contributed by atoms with Gasteiger partial charge in [0.1, 0.15) is 16.8 Å². The zero-order chi connectivity index (χ0) is 30.7. The minimum Gasteiger partial charge on any atom is -0.507 e. The highest BCUT2D eigenvalue weighted by Gasteiger charge is 2.28. The van der Waals surface area contributed by atoms with Crippen LogP contribution in [-0.2, 0) is 5.41 Å². The van der Waals surface area contributed by atoms with Crippen molar-refractivity contribution in [1.82, 2.24) is 25.9 Å². The van der Waals surface area contributed by atoms with Crippen LogP contribution in [0, 0.1) is 5.82 Å². The maximum absolute atomic E-state index is 15.6. The standard InChI is InChI=1S/C33H34FN5O4.ClH/c1-33(2,3)26-11-10-22-17-25(40)27(28(34)29(22)39-26)30(41)19-6-8-20(9-7-19)31(42)37-23-5-4-14-36-18-24(23)38-32(43)21-12-15-35-16-13-21;/h6-13,15-17,23-24,36,40H,4-5,14,18H2,1-3H3,(H,37,42)(H,38,43);1H/t23-,24-;/m1./s1. The molecule has 1 aliphatic heterocycles. The number of ketones is 1. The molecule has 4 aromatic rings. The van der Waals surface area contributed by atoms with Crippen LogP contribution in [0.4, 0.5) is 4.39 Å². The number of nitrogens with zero attached hydrogens (tertiary/aromatic N) is 2. The van der Waals surface area contributed by atoms with Crippen molar-refractivity contribution in [3.05, 3.63) is 101 Å². The number of carbonyl (C=O) groups is 3. The second kappa shape index (κ2) is 13.5. The van der Waals surface area contributed by atoms with Crippen molar-refractivity contribution in [1.29, 1.82) is 0 Å². The Balaban J connectivity index is 0.00000442. The van der Waals surface area contributed by atoms with Crippen LogP contribution in [0.25, 0.3) is 10.9 Å². The normalized spacial score (nSPS) is 16.8. The lowest BCUT2D eigenvalue weighted by Crippen LogP contribution is -2.54. The molecule has 1 fully saturated rings. The van der Waals surface area contributed by atoms with Gasteiger partial charge in [0.15, 0.2) is 11.6 Å². The van der Waals surface area contributed by atoms with Crippen LogP contribution in [0.1, 0.15) is 75.9 Å². The lowest BCUT2D eigenvalue weighted by molar-refractivity contribution is 0.0882. The predicted octanol–water partition coefficient (Wildman–Crippen LogP) is 4.71. The lowest BCUT2D eigenvalue weighted by Gasteiger charge is -2.27. The molecule has 2 aromatic carbocycles. The predicted molar refractivity (Wildman–Crippen MR) is 168 cm³/mol. The summed E-state index contributed by atoms with van der Waals surface area (Å²) in [5.74, 6) is -2.72. The van der Waals surface area contributed by atoms with Crippen LogP contribution in [0.15, 0.2) is 67.0 Å². The number of hydrogen-bond donors (Lipinski definition) is 4. The fourth-order valence-electron chi connectivity index (χ4n) is 5.14. The number of rotatable bonds is 6. The smallest absolute Gasteiger partial charge is 0.251 e. The van der Waals surface area contributed by atoms with Crippen molar-refractivity contribution >= 4 is 40.9 Å². The Morgan fingerprint density at radius 1 is 0.909 bits per heavy atom. The second-order valence-electron chi connectivity index (χ2n) is 11.8. The minimum absolute atomic E-state index is 0. The topological polar surface area (TPSA) is 133 Å². The van der Waals surface area contributed by atoms with E-state index >= 15 is 4.39 Å². The van der Waals surface area contributed by atoms with Gasteiger partial charge in [-0.1, -0.05) is 39.0 Å². The largest absolute Gasteiger partial charge is 0.507 e. The molecule has 230 valence electrons. The molecule has 0 unspecified atom stereocenters. The molecular formula is C33H35ClFN5O4. The summed E-state index contributed by atoms with van der Waals surface area (Å²) in [6.07, 6.45) is 4.56. The average Bonchev–Trinajstić information content (AvgIpc) is 3.21. The third-order valence-electron chi connectivity index (χ3n) is 7.60. The molecule has 0 bridgehead atoms. The number of fused-ring (bicyclic) bond motifs is 1. The highest BCUT2D eigenvalue weighted by Crippen LogP contribution is 2.32. The zero-order valence-corrected chi connectivity index (χ0v) is 25.5. The number of phenols is 1. The van der Waals surface area contributed by atoms with Crippen molar-refractivity contribution in [2.45, 2.75) is 51.1 Å². The molecule has 0 radical (unpaired) electrons. The van der Waals surface area contributed by atoms with Crippen LogP contribution in [0.3, 0.4) is 0 Å². The fourth-order valence-corrected chi connectivity index (χ4v) is 5.14. The SMILES string of the molecule is CC(C)(C)c1ccc2cc(O)c(C(=O)c3ccc(C(=O)N[C@@H]4CCCNC[C@H]4NC(=O)c4ccncc4)cc3)c(F)c2n1.Cl. The maximum atomic E-state index is 15.6. The van der Waals surface area contributed by atoms with Gasteiger partial charge in [-0.15, -0.1) is 12.4 Å².